The van der Waals surface area contributed by atoms with Crippen LogP contribution in [0.15, 0.2) is 0 Å². The van der Waals surface area contributed by atoms with Crippen molar-refractivity contribution >= 4 is 39.5 Å². The minimum Gasteiger partial charge on any atom is -0.462 e. The molecule has 0 saturated heterocycles. The minimum atomic E-state index is -4.97. The van der Waals surface area contributed by atoms with Gasteiger partial charge in [0.05, 0.1) is 26.4 Å². The van der Waals surface area contributed by atoms with E-state index in [4.69, 9.17) is 37.0 Å². The lowest BCUT2D eigenvalue weighted by atomic mass is 10.00. The third kappa shape index (κ3) is 84.3. The second-order valence-corrected chi connectivity index (χ2v) is 37.2. The lowest BCUT2D eigenvalue weighted by Gasteiger charge is -2.21. The molecule has 3 N–H and O–H groups in total. The van der Waals surface area contributed by atoms with Crippen molar-refractivity contribution in [2.24, 2.45) is 17.8 Å². The zero-order valence-electron chi connectivity index (χ0n) is 73.4. The molecule has 0 aromatic heterocycles. The van der Waals surface area contributed by atoms with E-state index in [9.17, 15) is 43.2 Å². The molecule has 0 fully saturated rings. The number of rotatable bonds is 90. The van der Waals surface area contributed by atoms with Gasteiger partial charge in [-0.3, -0.25) is 37.3 Å². The molecular formula is C92H180O17P2. The monoisotopic (exact) mass is 1620 g/mol. The molecule has 111 heavy (non-hydrogen) atoms. The quantitative estimate of drug-likeness (QED) is 0.0222. The van der Waals surface area contributed by atoms with Crippen LogP contribution in [0.4, 0.5) is 0 Å². The molecule has 0 aliphatic rings. The predicted octanol–water partition coefficient (Wildman–Crippen LogP) is 28.4. The number of aliphatic hydroxyl groups excluding tert-OH is 1. The van der Waals surface area contributed by atoms with Crippen LogP contribution in [-0.2, 0) is 65.4 Å². The van der Waals surface area contributed by atoms with Gasteiger partial charge in [0, 0.05) is 25.7 Å². The number of phosphoric acid groups is 2. The molecule has 0 saturated carbocycles. The van der Waals surface area contributed by atoms with E-state index in [-0.39, 0.29) is 25.7 Å². The second kappa shape index (κ2) is 81.8. The van der Waals surface area contributed by atoms with Crippen LogP contribution in [0.3, 0.4) is 0 Å². The number of hydrogen-bond acceptors (Lipinski definition) is 15. The highest BCUT2D eigenvalue weighted by molar-refractivity contribution is 7.47. The van der Waals surface area contributed by atoms with Crippen molar-refractivity contribution in [3.05, 3.63) is 0 Å². The van der Waals surface area contributed by atoms with Crippen LogP contribution < -0.4 is 0 Å². The molecular weight excluding hydrogens is 1440 g/mol. The topological polar surface area (TPSA) is 237 Å². The SMILES string of the molecule is CCCCCCCCCCCCCCCCCCCCCC(=O)O[C@H](COC(=O)CCCCCCCCC(C)CC)COP(=O)(O)OC[C@H](O)COP(=O)(O)OC[C@@H](COC(=O)CCCCCCCCCCCCCCCCCCCCC(C)C)OC(=O)CCCCCCCCCCCCCCCCCCCCC(C)C. The van der Waals surface area contributed by atoms with Crippen molar-refractivity contribution in [1.82, 2.24) is 0 Å². The molecule has 6 atom stereocenters. The minimum absolute atomic E-state index is 0.108. The second-order valence-electron chi connectivity index (χ2n) is 34.2. The van der Waals surface area contributed by atoms with Crippen LogP contribution in [-0.4, -0.2) is 96.7 Å². The summed E-state index contributed by atoms with van der Waals surface area (Å²) in [7, 11) is -9.94. The summed E-state index contributed by atoms with van der Waals surface area (Å²) in [4.78, 5) is 73.4. The van der Waals surface area contributed by atoms with Gasteiger partial charge in [0.2, 0.25) is 0 Å². The van der Waals surface area contributed by atoms with E-state index >= 15 is 0 Å². The molecule has 0 rings (SSSR count). The summed E-state index contributed by atoms with van der Waals surface area (Å²) in [5.74, 6) is 0.275. The van der Waals surface area contributed by atoms with Crippen molar-refractivity contribution < 1.29 is 80.2 Å². The standard InChI is InChI=1S/C92H180O17P2/c1-8-10-11-12-13-14-15-16-17-18-19-27-32-37-42-47-52-62-69-76-92(97)109-88(80-103-90(95)74-67-60-55-54-58-65-72-85(7)9-2)82-107-111(100,101)105-78-86(93)77-104-110(98,99)106-81-87(108-91(96)75-68-61-53-48-43-38-33-28-23-21-25-30-35-40-45-50-57-64-71-84(5)6)79-102-89(94)73-66-59-51-46-41-36-31-26-22-20-24-29-34-39-44-49-56-63-70-83(3)4/h83-88,93H,8-82H2,1-7H3,(H,98,99)(H,100,101)/t85?,86-,87-,88-/m1/s1. The number of carbonyl (C=O) groups excluding carboxylic acids is 4. The Morgan fingerprint density at radius 2 is 0.459 bits per heavy atom. The van der Waals surface area contributed by atoms with E-state index in [1.807, 2.05) is 0 Å². The van der Waals surface area contributed by atoms with Gasteiger partial charge in [-0.25, -0.2) is 9.13 Å². The van der Waals surface area contributed by atoms with Gasteiger partial charge in [-0.1, -0.05) is 440 Å². The van der Waals surface area contributed by atoms with E-state index in [1.54, 1.807) is 0 Å². The summed E-state index contributed by atoms with van der Waals surface area (Å²) in [5, 5.41) is 10.7. The average Bonchev–Trinajstić information content (AvgIpc) is 0.894. The zero-order valence-corrected chi connectivity index (χ0v) is 75.2. The molecule has 17 nitrogen and oxygen atoms in total. The molecule has 0 heterocycles. The molecule has 0 aliphatic carbocycles. The Morgan fingerprint density at radius 1 is 0.261 bits per heavy atom. The van der Waals surface area contributed by atoms with Gasteiger partial charge in [0.1, 0.15) is 19.3 Å². The predicted molar refractivity (Wildman–Crippen MR) is 460 cm³/mol. The van der Waals surface area contributed by atoms with Gasteiger partial charge < -0.3 is 33.8 Å². The number of phosphoric ester groups is 2. The van der Waals surface area contributed by atoms with Crippen molar-refractivity contribution in [1.29, 1.82) is 0 Å². The Bertz CT molecular complexity index is 2130. The third-order valence-electron chi connectivity index (χ3n) is 22.0. The molecule has 0 spiro atoms. The summed E-state index contributed by atoms with van der Waals surface area (Å²) < 4.78 is 69.1. The van der Waals surface area contributed by atoms with Crippen LogP contribution in [0, 0.1) is 17.8 Å². The number of ether oxygens (including phenoxy) is 4. The van der Waals surface area contributed by atoms with Gasteiger partial charge in [-0.15, -0.1) is 0 Å². The van der Waals surface area contributed by atoms with Crippen LogP contribution >= 0.6 is 15.6 Å². The molecule has 0 aromatic carbocycles. The van der Waals surface area contributed by atoms with E-state index in [2.05, 4.69) is 48.5 Å². The first kappa shape index (κ1) is 109. The molecule has 0 aliphatic heterocycles. The van der Waals surface area contributed by atoms with Crippen molar-refractivity contribution in [3.63, 3.8) is 0 Å². The zero-order chi connectivity index (χ0) is 81.5. The summed E-state index contributed by atoms with van der Waals surface area (Å²) in [6.07, 6.45) is 75.2. The first-order chi connectivity index (χ1) is 53.8. The van der Waals surface area contributed by atoms with E-state index in [0.29, 0.717) is 25.7 Å². The highest BCUT2D eigenvalue weighted by atomic mass is 31.2. The van der Waals surface area contributed by atoms with E-state index < -0.39 is 97.5 Å². The largest absolute Gasteiger partial charge is 0.472 e. The van der Waals surface area contributed by atoms with Gasteiger partial charge in [0.25, 0.3) is 0 Å². The Morgan fingerprint density at radius 3 is 0.685 bits per heavy atom. The maximum atomic E-state index is 13.2. The molecule has 0 bridgehead atoms. The highest BCUT2D eigenvalue weighted by Gasteiger charge is 2.31. The fourth-order valence-corrected chi connectivity index (χ4v) is 16.0. The fourth-order valence-electron chi connectivity index (χ4n) is 14.4. The fraction of sp³-hybridized carbons (Fsp3) is 0.957. The lowest BCUT2D eigenvalue weighted by molar-refractivity contribution is -0.161. The molecule has 19 heteroatoms. The Balaban J connectivity index is 5.22. The van der Waals surface area contributed by atoms with Crippen molar-refractivity contribution in [2.45, 2.75) is 510 Å². The Hall–Kier alpha value is -1.94. The Labute approximate surface area is 683 Å². The molecule has 660 valence electrons. The van der Waals surface area contributed by atoms with Crippen LogP contribution in [0.25, 0.3) is 0 Å². The van der Waals surface area contributed by atoms with E-state index in [0.717, 1.165) is 114 Å². The molecule has 0 amide bonds. The summed E-state index contributed by atoms with van der Waals surface area (Å²) in [5.41, 5.74) is 0. The highest BCUT2D eigenvalue weighted by Crippen LogP contribution is 2.45. The molecule has 3 unspecified atom stereocenters. The number of hydrogen-bond donors (Lipinski definition) is 3. The van der Waals surface area contributed by atoms with Crippen LogP contribution in [0.2, 0.25) is 0 Å². The first-order valence-corrected chi connectivity index (χ1v) is 50.4. The summed E-state index contributed by atoms with van der Waals surface area (Å²) >= 11 is 0. The van der Waals surface area contributed by atoms with Gasteiger partial charge >= 0.3 is 39.5 Å². The third-order valence-corrected chi connectivity index (χ3v) is 23.9. The number of aliphatic hydroxyl groups is 1. The maximum absolute atomic E-state index is 13.2. The average molecular weight is 1620 g/mol. The Kier molecular flexibility index (Phi) is 80.4. The number of unbranched alkanes of at least 4 members (excludes halogenated alkanes) is 57. The summed E-state index contributed by atoms with van der Waals surface area (Å²) in [6, 6.07) is 0. The lowest BCUT2D eigenvalue weighted by Crippen LogP contribution is -2.30. The molecule has 0 aromatic rings. The number of carbonyl (C=O) groups is 4. The normalized spacial score (nSPS) is 14.0. The number of esters is 4. The van der Waals surface area contributed by atoms with Gasteiger partial charge in [0.15, 0.2) is 12.2 Å². The summed E-state index contributed by atoms with van der Waals surface area (Å²) in [6.45, 7) is 12.0. The van der Waals surface area contributed by atoms with Gasteiger partial charge in [-0.2, -0.15) is 0 Å². The maximum Gasteiger partial charge on any atom is 0.472 e. The smallest absolute Gasteiger partial charge is 0.462 e. The first-order valence-electron chi connectivity index (χ1n) is 47.4. The van der Waals surface area contributed by atoms with Gasteiger partial charge in [-0.05, 0) is 43.4 Å². The van der Waals surface area contributed by atoms with Crippen LogP contribution in [0.5, 0.6) is 0 Å². The van der Waals surface area contributed by atoms with Crippen LogP contribution in [0.1, 0.15) is 492 Å². The van der Waals surface area contributed by atoms with Crippen molar-refractivity contribution in [3.8, 4) is 0 Å². The van der Waals surface area contributed by atoms with Crippen molar-refractivity contribution in [2.75, 3.05) is 39.6 Å². The molecule has 0 radical (unpaired) electrons. The van der Waals surface area contributed by atoms with E-state index in [1.165, 1.54) is 295 Å².